The highest BCUT2D eigenvalue weighted by atomic mass is 32.1. The largest absolute Gasteiger partial charge is 0.295 e. The summed E-state index contributed by atoms with van der Waals surface area (Å²) in [6, 6.07) is 9.23. The Labute approximate surface area is 70.8 Å². The highest BCUT2D eigenvalue weighted by Gasteiger charge is 1.92. The molecule has 0 bridgehead atoms. The molecule has 0 spiro atoms. The SMILES string of the molecule is CC(=O)c1ccccc1.O=S. The average molecular weight is 168 g/mol. The minimum atomic E-state index is 0.121. The Morgan fingerprint density at radius 2 is 1.64 bits per heavy atom. The molecule has 0 saturated heterocycles. The van der Waals surface area contributed by atoms with Gasteiger partial charge in [0.25, 0.3) is 0 Å². The lowest BCUT2D eigenvalue weighted by molar-refractivity contribution is 0.101. The van der Waals surface area contributed by atoms with Crippen molar-refractivity contribution in [1.82, 2.24) is 0 Å². The Hall–Kier alpha value is -1.09. The number of ketones is 1. The highest BCUT2D eigenvalue weighted by Crippen LogP contribution is 1.97. The predicted molar refractivity (Wildman–Crippen MR) is 44.6 cm³/mol. The van der Waals surface area contributed by atoms with Crippen LogP contribution in [-0.4, -0.2) is 9.99 Å². The number of carbonyl (C=O) groups is 1. The normalized spacial score (nSPS) is 7.73. The van der Waals surface area contributed by atoms with Crippen LogP contribution in [0.2, 0.25) is 0 Å². The van der Waals surface area contributed by atoms with Gasteiger partial charge in [0, 0.05) is 5.56 Å². The molecular weight excluding hydrogens is 160 g/mol. The van der Waals surface area contributed by atoms with Crippen molar-refractivity contribution in [3.63, 3.8) is 0 Å². The number of benzene rings is 1. The number of carbonyl (C=O) groups excluding carboxylic acids is 1. The lowest BCUT2D eigenvalue weighted by Crippen LogP contribution is -1.88. The molecule has 0 N–H and O–H groups in total. The van der Waals surface area contributed by atoms with E-state index < -0.39 is 0 Å². The lowest BCUT2D eigenvalue weighted by Gasteiger charge is -1.89. The maximum atomic E-state index is 10.6. The summed E-state index contributed by atoms with van der Waals surface area (Å²) in [5.74, 6) is 0.121. The lowest BCUT2D eigenvalue weighted by atomic mass is 10.2. The van der Waals surface area contributed by atoms with Crippen molar-refractivity contribution in [2.24, 2.45) is 0 Å². The van der Waals surface area contributed by atoms with E-state index in [2.05, 4.69) is 12.5 Å². The Kier molecular flexibility index (Phi) is 5.11. The molecule has 0 heterocycles. The summed E-state index contributed by atoms with van der Waals surface area (Å²) in [5, 5.41) is 0. The van der Waals surface area contributed by atoms with Gasteiger partial charge in [0.15, 0.2) is 18.3 Å². The Bertz CT molecular complexity index is 221. The van der Waals surface area contributed by atoms with Crippen LogP contribution >= 0.6 is 0 Å². The van der Waals surface area contributed by atoms with Crippen LogP contribution in [0.1, 0.15) is 17.3 Å². The van der Waals surface area contributed by atoms with Gasteiger partial charge in [-0.25, -0.2) is 0 Å². The molecule has 0 aliphatic heterocycles. The molecule has 1 aromatic carbocycles. The average Bonchev–Trinajstić information content (AvgIpc) is 2.10. The quantitative estimate of drug-likeness (QED) is 0.597. The van der Waals surface area contributed by atoms with Crippen molar-refractivity contribution in [1.29, 1.82) is 0 Å². The predicted octanol–water partition coefficient (Wildman–Crippen LogP) is 1.55. The van der Waals surface area contributed by atoms with E-state index in [1.165, 1.54) is 0 Å². The zero-order valence-electron chi connectivity index (χ0n) is 6.11. The van der Waals surface area contributed by atoms with Gasteiger partial charge in [0.2, 0.25) is 0 Å². The summed E-state index contributed by atoms with van der Waals surface area (Å²) in [5.41, 5.74) is 0.775. The summed E-state index contributed by atoms with van der Waals surface area (Å²) in [6.07, 6.45) is 0. The van der Waals surface area contributed by atoms with Crippen molar-refractivity contribution in [2.75, 3.05) is 0 Å². The zero-order chi connectivity index (χ0) is 8.69. The van der Waals surface area contributed by atoms with Gasteiger partial charge in [-0.05, 0) is 6.92 Å². The molecule has 0 aliphatic rings. The molecule has 58 valence electrons. The topological polar surface area (TPSA) is 34.1 Å². The molecule has 0 fully saturated rings. The van der Waals surface area contributed by atoms with E-state index in [1.807, 2.05) is 30.3 Å². The first-order valence-electron chi connectivity index (χ1n) is 3.03. The molecule has 0 aliphatic carbocycles. The van der Waals surface area contributed by atoms with Crippen LogP contribution in [0.3, 0.4) is 0 Å². The summed E-state index contributed by atoms with van der Waals surface area (Å²) >= 11 is 2.83. The smallest absolute Gasteiger partial charge is 0.197 e. The van der Waals surface area contributed by atoms with E-state index in [4.69, 9.17) is 4.21 Å². The summed E-state index contributed by atoms with van der Waals surface area (Å²) < 4.78 is 7.83. The molecule has 1 rings (SSSR count). The number of Topliss-reactive ketones (excluding diaryl/α,β-unsaturated/α-hetero) is 1. The summed E-state index contributed by atoms with van der Waals surface area (Å²) in [6.45, 7) is 1.56. The molecular formula is C8H8O2S. The molecule has 0 aromatic heterocycles. The van der Waals surface area contributed by atoms with Gasteiger partial charge >= 0.3 is 0 Å². The molecule has 2 nitrogen and oxygen atoms in total. The van der Waals surface area contributed by atoms with Gasteiger partial charge in [0.05, 0.1) is 0 Å². The van der Waals surface area contributed by atoms with Crippen molar-refractivity contribution in [2.45, 2.75) is 6.92 Å². The molecule has 0 saturated carbocycles. The standard InChI is InChI=1S/C8H8O.OS/c1-7(9)8-5-3-2-4-6-8;1-2/h2-6H,1H3;. The van der Waals surface area contributed by atoms with Gasteiger partial charge in [-0.3, -0.25) is 4.79 Å². The van der Waals surface area contributed by atoms with Gasteiger partial charge in [-0.2, -0.15) is 4.21 Å². The van der Waals surface area contributed by atoms with Gasteiger partial charge in [-0.1, -0.05) is 30.3 Å². The fourth-order valence-corrected chi connectivity index (χ4v) is 0.673. The van der Waals surface area contributed by atoms with Crippen molar-refractivity contribution < 1.29 is 9.00 Å². The maximum absolute atomic E-state index is 10.6. The first-order valence-corrected chi connectivity index (χ1v) is 3.36. The monoisotopic (exact) mass is 168 g/mol. The van der Waals surface area contributed by atoms with Crippen molar-refractivity contribution in [3.05, 3.63) is 35.9 Å². The Morgan fingerprint density at radius 3 is 1.91 bits per heavy atom. The third-order valence-electron chi connectivity index (χ3n) is 1.18. The van der Waals surface area contributed by atoms with Crippen LogP contribution in [0.15, 0.2) is 30.3 Å². The van der Waals surface area contributed by atoms with Gasteiger partial charge in [-0.15, -0.1) is 0 Å². The van der Waals surface area contributed by atoms with Gasteiger partial charge in [0.1, 0.15) is 0 Å². The first-order chi connectivity index (χ1) is 5.30. The molecule has 0 radical (unpaired) electrons. The van der Waals surface area contributed by atoms with E-state index in [0.29, 0.717) is 0 Å². The maximum Gasteiger partial charge on any atom is 0.197 e. The number of hydrogen-bond donors (Lipinski definition) is 0. The molecule has 0 amide bonds. The van der Waals surface area contributed by atoms with Crippen LogP contribution in [0.5, 0.6) is 0 Å². The van der Waals surface area contributed by atoms with Crippen molar-refractivity contribution in [3.8, 4) is 0 Å². The van der Waals surface area contributed by atoms with E-state index in [1.54, 1.807) is 6.92 Å². The zero-order valence-corrected chi connectivity index (χ0v) is 6.93. The Balaban J connectivity index is 0.000000461. The minimum Gasteiger partial charge on any atom is -0.295 e. The number of hydrogen-bond acceptors (Lipinski definition) is 3. The van der Waals surface area contributed by atoms with E-state index in [-0.39, 0.29) is 5.78 Å². The second-order valence-electron chi connectivity index (χ2n) is 1.92. The molecule has 0 atom stereocenters. The highest BCUT2D eigenvalue weighted by molar-refractivity contribution is 7.44. The number of rotatable bonds is 1. The molecule has 11 heavy (non-hydrogen) atoms. The van der Waals surface area contributed by atoms with Crippen molar-refractivity contribution >= 4 is 18.3 Å². The van der Waals surface area contributed by atoms with E-state index in [0.717, 1.165) is 5.56 Å². The third-order valence-corrected chi connectivity index (χ3v) is 1.18. The second kappa shape index (κ2) is 5.68. The molecule has 0 unspecified atom stereocenters. The van der Waals surface area contributed by atoms with Crippen LogP contribution in [0.4, 0.5) is 0 Å². The molecule has 1 aromatic rings. The molecule has 3 heteroatoms. The summed E-state index contributed by atoms with van der Waals surface area (Å²) in [7, 11) is 0. The summed E-state index contributed by atoms with van der Waals surface area (Å²) in [4.78, 5) is 10.6. The van der Waals surface area contributed by atoms with E-state index in [9.17, 15) is 4.79 Å². The van der Waals surface area contributed by atoms with Crippen LogP contribution < -0.4 is 0 Å². The van der Waals surface area contributed by atoms with Gasteiger partial charge < -0.3 is 0 Å². The Morgan fingerprint density at radius 1 is 1.18 bits per heavy atom. The van der Waals surface area contributed by atoms with E-state index >= 15 is 0 Å². The fraction of sp³-hybridized carbons (Fsp3) is 0.125. The van der Waals surface area contributed by atoms with Crippen LogP contribution in [0.25, 0.3) is 0 Å². The second-order valence-corrected chi connectivity index (χ2v) is 1.92. The first kappa shape index (κ1) is 9.91. The fourth-order valence-electron chi connectivity index (χ4n) is 0.673. The van der Waals surface area contributed by atoms with Crippen LogP contribution in [-0.2, 0) is 12.5 Å². The minimum absolute atomic E-state index is 0.121. The van der Waals surface area contributed by atoms with Crippen LogP contribution in [0, 0.1) is 0 Å². The third kappa shape index (κ3) is 3.57.